The van der Waals surface area contributed by atoms with Gasteiger partial charge in [0.1, 0.15) is 0 Å². The molecule has 1 atom stereocenters. The molecule has 1 saturated carbocycles. The van der Waals surface area contributed by atoms with E-state index in [9.17, 15) is 0 Å². The van der Waals surface area contributed by atoms with Crippen molar-refractivity contribution in [3.8, 4) is 0 Å². The standard InChI is InChI=1S/C12H25N/c1-4-5-8-12(13)9-6-7-11(2,3)10-12/h4-10,13H2,1-3H3. The summed E-state index contributed by atoms with van der Waals surface area (Å²) < 4.78 is 0. The first-order chi connectivity index (χ1) is 5.97. The van der Waals surface area contributed by atoms with Gasteiger partial charge < -0.3 is 5.73 Å². The molecule has 0 radical (unpaired) electrons. The van der Waals surface area contributed by atoms with Gasteiger partial charge >= 0.3 is 0 Å². The van der Waals surface area contributed by atoms with Gasteiger partial charge in [-0.1, -0.05) is 40.0 Å². The van der Waals surface area contributed by atoms with Crippen molar-refractivity contribution in [1.29, 1.82) is 0 Å². The summed E-state index contributed by atoms with van der Waals surface area (Å²) in [6.07, 6.45) is 8.96. The fourth-order valence-electron chi connectivity index (χ4n) is 2.79. The van der Waals surface area contributed by atoms with Crippen LogP contribution >= 0.6 is 0 Å². The van der Waals surface area contributed by atoms with Crippen molar-refractivity contribution in [3.05, 3.63) is 0 Å². The smallest absolute Gasteiger partial charge is 0.0159 e. The Balaban J connectivity index is 2.47. The lowest BCUT2D eigenvalue weighted by atomic mass is 9.67. The van der Waals surface area contributed by atoms with Crippen LogP contribution in [0.15, 0.2) is 0 Å². The topological polar surface area (TPSA) is 26.0 Å². The molecule has 0 aromatic heterocycles. The molecular weight excluding hydrogens is 158 g/mol. The summed E-state index contributed by atoms with van der Waals surface area (Å²) in [5, 5.41) is 0. The molecule has 0 bridgehead atoms. The van der Waals surface area contributed by atoms with Crippen LogP contribution in [0.5, 0.6) is 0 Å². The van der Waals surface area contributed by atoms with E-state index < -0.39 is 0 Å². The minimum atomic E-state index is 0.164. The zero-order chi connectivity index (χ0) is 9.95. The molecule has 0 heterocycles. The van der Waals surface area contributed by atoms with Gasteiger partial charge in [0.2, 0.25) is 0 Å². The second kappa shape index (κ2) is 4.00. The molecular formula is C12H25N. The molecule has 1 unspecified atom stereocenters. The average Bonchev–Trinajstić information content (AvgIpc) is 1.98. The Morgan fingerprint density at radius 2 is 1.92 bits per heavy atom. The van der Waals surface area contributed by atoms with Gasteiger partial charge in [-0.15, -0.1) is 0 Å². The van der Waals surface area contributed by atoms with Gasteiger partial charge in [0.15, 0.2) is 0 Å². The van der Waals surface area contributed by atoms with Gasteiger partial charge in [-0.25, -0.2) is 0 Å². The van der Waals surface area contributed by atoms with Crippen LogP contribution in [0, 0.1) is 5.41 Å². The van der Waals surface area contributed by atoms with E-state index in [2.05, 4.69) is 20.8 Å². The van der Waals surface area contributed by atoms with Crippen LogP contribution in [0.3, 0.4) is 0 Å². The Labute approximate surface area is 83.1 Å². The number of nitrogens with two attached hydrogens (primary N) is 1. The van der Waals surface area contributed by atoms with Crippen molar-refractivity contribution in [3.63, 3.8) is 0 Å². The normalized spacial score (nSPS) is 33.2. The average molecular weight is 183 g/mol. The highest BCUT2D eigenvalue weighted by Gasteiger charge is 2.36. The Kier molecular flexibility index (Phi) is 3.39. The molecule has 0 aromatic rings. The van der Waals surface area contributed by atoms with Crippen molar-refractivity contribution < 1.29 is 0 Å². The minimum absolute atomic E-state index is 0.164. The third-order valence-corrected chi connectivity index (χ3v) is 3.39. The summed E-state index contributed by atoms with van der Waals surface area (Å²) in [6.45, 7) is 6.97. The Morgan fingerprint density at radius 1 is 1.23 bits per heavy atom. The van der Waals surface area contributed by atoms with E-state index >= 15 is 0 Å². The molecule has 2 N–H and O–H groups in total. The van der Waals surface area contributed by atoms with Gasteiger partial charge in [-0.3, -0.25) is 0 Å². The molecule has 78 valence electrons. The maximum atomic E-state index is 6.42. The van der Waals surface area contributed by atoms with Gasteiger partial charge in [-0.05, 0) is 31.1 Å². The molecule has 1 aliphatic rings. The van der Waals surface area contributed by atoms with E-state index in [4.69, 9.17) is 5.73 Å². The van der Waals surface area contributed by atoms with Gasteiger partial charge in [0, 0.05) is 5.54 Å². The first kappa shape index (κ1) is 11.0. The molecule has 0 amide bonds. The highest BCUT2D eigenvalue weighted by Crippen LogP contribution is 2.41. The van der Waals surface area contributed by atoms with E-state index in [1.807, 2.05) is 0 Å². The minimum Gasteiger partial charge on any atom is -0.325 e. The molecule has 1 nitrogen and oxygen atoms in total. The van der Waals surface area contributed by atoms with Crippen LogP contribution in [0.4, 0.5) is 0 Å². The lowest BCUT2D eigenvalue weighted by molar-refractivity contribution is 0.141. The largest absolute Gasteiger partial charge is 0.325 e. The van der Waals surface area contributed by atoms with Crippen LogP contribution in [-0.4, -0.2) is 5.54 Å². The predicted octanol–water partition coefficient (Wildman–Crippen LogP) is 3.47. The Hall–Kier alpha value is -0.0400. The fraction of sp³-hybridized carbons (Fsp3) is 1.00. The van der Waals surface area contributed by atoms with Crippen LogP contribution in [0.1, 0.15) is 65.7 Å². The number of hydrogen-bond acceptors (Lipinski definition) is 1. The predicted molar refractivity (Wildman–Crippen MR) is 58.7 cm³/mol. The van der Waals surface area contributed by atoms with Crippen molar-refractivity contribution in [1.82, 2.24) is 0 Å². The zero-order valence-electron chi connectivity index (χ0n) is 9.53. The first-order valence-corrected chi connectivity index (χ1v) is 5.76. The highest BCUT2D eigenvalue weighted by molar-refractivity contribution is 4.93. The summed E-state index contributed by atoms with van der Waals surface area (Å²) in [6, 6.07) is 0. The summed E-state index contributed by atoms with van der Waals surface area (Å²) in [7, 11) is 0. The van der Waals surface area contributed by atoms with Crippen molar-refractivity contribution >= 4 is 0 Å². The maximum absolute atomic E-state index is 6.42. The monoisotopic (exact) mass is 183 g/mol. The van der Waals surface area contributed by atoms with Gasteiger partial charge in [0.25, 0.3) is 0 Å². The van der Waals surface area contributed by atoms with Crippen molar-refractivity contribution in [2.24, 2.45) is 11.1 Å². The number of rotatable bonds is 3. The van der Waals surface area contributed by atoms with Crippen LogP contribution in [-0.2, 0) is 0 Å². The Morgan fingerprint density at radius 3 is 2.46 bits per heavy atom. The third kappa shape index (κ3) is 3.30. The molecule has 0 aliphatic heterocycles. The van der Waals surface area contributed by atoms with Crippen LogP contribution in [0.2, 0.25) is 0 Å². The number of unbranched alkanes of at least 4 members (excludes halogenated alkanes) is 1. The Bertz CT molecular complexity index is 163. The van der Waals surface area contributed by atoms with E-state index in [1.165, 1.54) is 44.9 Å². The molecule has 1 rings (SSSR count). The molecule has 1 heteroatoms. The molecule has 0 aromatic carbocycles. The van der Waals surface area contributed by atoms with E-state index in [0.717, 1.165) is 0 Å². The molecule has 13 heavy (non-hydrogen) atoms. The molecule has 0 spiro atoms. The molecule has 1 fully saturated rings. The molecule has 0 saturated heterocycles. The SMILES string of the molecule is CCCCC1(N)CCCC(C)(C)C1. The van der Waals surface area contributed by atoms with Crippen LogP contribution < -0.4 is 5.73 Å². The lowest BCUT2D eigenvalue weighted by Gasteiger charge is -2.42. The highest BCUT2D eigenvalue weighted by atomic mass is 14.8. The van der Waals surface area contributed by atoms with Crippen LogP contribution in [0.25, 0.3) is 0 Å². The number of hydrogen-bond donors (Lipinski definition) is 1. The zero-order valence-corrected chi connectivity index (χ0v) is 9.53. The van der Waals surface area contributed by atoms with Gasteiger partial charge in [-0.2, -0.15) is 0 Å². The second-order valence-electron chi connectivity index (χ2n) is 5.66. The second-order valence-corrected chi connectivity index (χ2v) is 5.66. The third-order valence-electron chi connectivity index (χ3n) is 3.39. The van der Waals surface area contributed by atoms with E-state index in [1.54, 1.807) is 0 Å². The van der Waals surface area contributed by atoms with E-state index in [0.29, 0.717) is 5.41 Å². The van der Waals surface area contributed by atoms with E-state index in [-0.39, 0.29) is 5.54 Å². The summed E-state index contributed by atoms with van der Waals surface area (Å²) in [5.41, 5.74) is 7.07. The summed E-state index contributed by atoms with van der Waals surface area (Å²) in [4.78, 5) is 0. The summed E-state index contributed by atoms with van der Waals surface area (Å²) >= 11 is 0. The maximum Gasteiger partial charge on any atom is 0.0159 e. The molecule has 1 aliphatic carbocycles. The quantitative estimate of drug-likeness (QED) is 0.712. The van der Waals surface area contributed by atoms with Gasteiger partial charge in [0.05, 0.1) is 0 Å². The summed E-state index contributed by atoms with van der Waals surface area (Å²) in [5.74, 6) is 0. The fourth-order valence-corrected chi connectivity index (χ4v) is 2.79. The first-order valence-electron chi connectivity index (χ1n) is 5.76. The van der Waals surface area contributed by atoms with Crippen molar-refractivity contribution in [2.75, 3.05) is 0 Å². The van der Waals surface area contributed by atoms with Crippen molar-refractivity contribution in [2.45, 2.75) is 71.3 Å². The lowest BCUT2D eigenvalue weighted by Crippen LogP contribution is -2.46.